The van der Waals surface area contributed by atoms with E-state index in [2.05, 4.69) is 42.4 Å². The average Bonchev–Trinajstić information content (AvgIpc) is 3.02. The van der Waals surface area contributed by atoms with Crippen LogP contribution in [0.25, 0.3) is 11.0 Å². The fraction of sp³-hybridized carbons (Fsp3) is 0.300. The van der Waals surface area contributed by atoms with Gasteiger partial charge in [0.1, 0.15) is 11.2 Å². The molecule has 0 radical (unpaired) electrons. The first-order valence-corrected chi connectivity index (χ1v) is 14.4. The monoisotopic (exact) mass is 603 g/mol. The first kappa shape index (κ1) is 30.1. The average molecular weight is 604 g/mol. The highest BCUT2D eigenvalue weighted by atomic mass is 35.5. The number of rotatable bonds is 9. The molecular weight excluding hydrogens is 570 g/mol. The van der Waals surface area contributed by atoms with Crippen molar-refractivity contribution in [1.82, 2.24) is 29.8 Å². The van der Waals surface area contributed by atoms with Crippen molar-refractivity contribution < 1.29 is 9.59 Å². The highest BCUT2D eigenvalue weighted by molar-refractivity contribution is 6.34. The number of hydrogen-bond donors (Lipinski definition) is 4. The smallest absolute Gasteiger partial charge is 0.268 e. The summed E-state index contributed by atoms with van der Waals surface area (Å²) in [6, 6.07) is 14.8. The van der Waals surface area contributed by atoms with E-state index in [0.29, 0.717) is 23.5 Å². The second kappa shape index (κ2) is 13.3. The van der Waals surface area contributed by atoms with Crippen LogP contribution < -0.4 is 22.0 Å². The zero-order chi connectivity index (χ0) is 30.5. The summed E-state index contributed by atoms with van der Waals surface area (Å²) >= 11 is 6.33. The van der Waals surface area contributed by atoms with Crippen molar-refractivity contribution in [1.29, 1.82) is 0 Å². The minimum Gasteiger partial charge on any atom is -0.353 e. The van der Waals surface area contributed by atoms with Gasteiger partial charge in [-0.25, -0.2) is 10.8 Å². The number of anilines is 2. The highest BCUT2D eigenvalue weighted by Gasteiger charge is 2.22. The predicted molar refractivity (Wildman–Crippen MR) is 167 cm³/mol. The van der Waals surface area contributed by atoms with Crippen LogP contribution in [0.1, 0.15) is 39.2 Å². The highest BCUT2D eigenvalue weighted by Crippen LogP contribution is 2.26. The van der Waals surface area contributed by atoms with E-state index in [1.807, 2.05) is 37.3 Å². The summed E-state index contributed by atoms with van der Waals surface area (Å²) in [6.45, 7) is 7.44. The number of amides is 2. The lowest BCUT2D eigenvalue weighted by molar-refractivity contribution is 0.0690. The van der Waals surface area contributed by atoms with Crippen molar-refractivity contribution in [3.8, 4) is 0 Å². The Morgan fingerprint density at radius 2 is 1.86 bits per heavy atom. The number of piperazine rings is 1. The zero-order valence-corrected chi connectivity index (χ0v) is 24.8. The number of pyridine rings is 1. The molecular formula is C30H34ClN9O3. The molecule has 1 unspecified atom stereocenters. The SMILES string of the molecule is CC(c1ccccc1)N(N)C(=O)c1ccc(Cl)c(NC(=O)c2cc3cnc(NCCN4CCN(C)CC4)nc3[nH]c2=O)c1. The summed E-state index contributed by atoms with van der Waals surface area (Å²) in [6.07, 6.45) is 1.54. The molecule has 2 aromatic heterocycles. The predicted octanol–water partition coefficient (Wildman–Crippen LogP) is 2.96. The Bertz CT molecular complexity index is 1670. The van der Waals surface area contributed by atoms with Gasteiger partial charge in [-0.1, -0.05) is 41.9 Å². The number of nitrogens with zero attached hydrogens (tertiary/aromatic N) is 5. The van der Waals surface area contributed by atoms with Gasteiger partial charge >= 0.3 is 0 Å². The van der Waals surface area contributed by atoms with E-state index in [4.69, 9.17) is 17.4 Å². The molecule has 13 heteroatoms. The Balaban J connectivity index is 1.26. The van der Waals surface area contributed by atoms with Gasteiger partial charge in [-0.3, -0.25) is 24.3 Å². The van der Waals surface area contributed by atoms with E-state index in [1.54, 1.807) is 6.20 Å². The Hall–Kier alpha value is -4.36. The molecule has 1 aliphatic rings. The van der Waals surface area contributed by atoms with Gasteiger partial charge in [0.25, 0.3) is 17.4 Å². The molecule has 0 saturated carbocycles. The van der Waals surface area contributed by atoms with Crippen LogP contribution in [0.15, 0.2) is 65.6 Å². The summed E-state index contributed by atoms with van der Waals surface area (Å²) in [4.78, 5) is 55.2. The number of carbonyl (C=O) groups is 2. The minimum atomic E-state index is -0.703. The first-order chi connectivity index (χ1) is 20.7. The molecule has 43 heavy (non-hydrogen) atoms. The van der Waals surface area contributed by atoms with Gasteiger partial charge in [0.05, 0.1) is 16.8 Å². The van der Waals surface area contributed by atoms with Gasteiger partial charge in [-0.2, -0.15) is 4.98 Å². The number of aromatic nitrogens is 3. The van der Waals surface area contributed by atoms with Crippen LogP contribution in [0.5, 0.6) is 0 Å². The number of carbonyl (C=O) groups excluding carboxylic acids is 2. The maximum atomic E-state index is 13.1. The fourth-order valence-corrected chi connectivity index (χ4v) is 4.97. The first-order valence-electron chi connectivity index (χ1n) is 14.0. The third-order valence-electron chi connectivity index (χ3n) is 7.54. The molecule has 2 amide bonds. The molecule has 1 atom stereocenters. The number of hydrogen-bond acceptors (Lipinski definition) is 9. The quantitative estimate of drug-likeness (QED) is 0.128. The zero-order valence-electron chi connectivity index (χ0n) is 24.0. The molecule has 1 saturated heterocycles. The van der Waals surface area contributed by atoms with Crippen molar-refractivity contribution in [2.45, 2.75) is 13.0 Å². The standard InChI is InChI=1S/C30H34ClN9O3/c1-19(20-6-4-3-5-7-20)40(32)29(43)21-8-9-24(31)25(17-21)35-27(41)23-16-22-18-34-30(37-26(22)36-28(23)42)33-10-11-39-14-12-38(2)13-15-39/h3-9,16-19H,10-15,32H2,1-2H3,(H,35,41)(H2,33,34,36,37,42). The number of nitrogens with one attached hydrogen (secondary N) is 3. The summed E-state index contributed by atoms with van der Waals surface area (Å²) in [7, 11) is 2.12. The lowest BCUT2D eigenvalue weighted by Crippen LogP contribution is -2.45. The molecule has 5 N–H and O–H groups in total. The second-order valence-electron chi connectivity index (χ2n) is 10.5. The normalized spacial score (nSPS) is 14.8. The van der Waals surface area contributed by atoms with Crippen LogP contribution in [-0.2, 0) is 0 Å². The van der Waals surface area contributed by atoms with Crippen molar-refractivity contribution in [2.75, 3.05) is 56.9 Å². The van der Waals surface area contributed by atoms with E-state index >= 15 is 0 Å². The number of aromatic amines is 1. The van der Waals surface area contributed by atoms with Crippen LogP contribution in [0.2, 0.25) is 5.02 Å². The number of hydrazine groups is 1. The summed E-state index contributed by atoms with van der Waals surface area (Å²) in [5, 5.41) is 7.63. The lowest BCUT2D eigenvalue weighted by atomic mass is 10.1. The molecule has 0 aliphatic carbocycles. The van der Waals surface area contributed by atoms with Crippen molar-refractivity contribution >= 4 is 46.1 Å². The van der Waals surface area contributed by atoms with Crippen molar-refractivity contribution in [3.63, 3.8) is 0 Å². The molecule has 2 aromatic carbocycles. The van der Waals surface area contributed by atoms with Gasteiger partial charge in [0, 0.05) is 56.4 Å². The topological polar surface area (TPSA) is 153 Å². The molecule has 4 aromatic rings. The van der Waals surface area contributed by atoms with Gasteiger partial charge in [-0.15, -0.1) is 0 Å². The number of fused-ring (bicyclic) bond motifs is 1. The second-order valence-corrected chi connectivity index (χ2v) is 10.9. The molecule has 0 bridgehead atoms. The van der Waals surface area contributed by atoms with Crippen LogP contribution in [0.3, 0.4) is 0 Å². The van der Waals surface area contributed by atoms with Crippen LogP contribution in [0.4, 0.5) is 11.6 Å². The van der Waals surface area contributed by atoms with Crippen molar-refractivity contribution in [3.05, 3.63) is 92.9 Å². The number of halogens is 1. The Morgan fingerprint density at radius 1 is 1.12 bits per heavy atom. The van der Waals surface area contributed by atoms with E-state index in [1.165, 1.54) is 24.3 Å². The number of benzene rings is 2. The van der Waals surface area contributed by atoms with E-state index in [-0.39, 0.29) is 21.8 Å². The molecule has 12 nitrogen and oxygen atoms in total. The molecule has 0 spiro atoms. The van der Waals surface area contributed by atoms with Gasteiger partial charge < -0.3 is 20.5 Å². The molecule has 1 aliphatic heterocycles. The van der Waals surface area contributed by atoms with E-state index in [0.717, 1.165) is 43.3 Å². The Labute approximate surface area is 253 Å². The summed E-state index contributed by atoms with van der Waals surface area (Å²) in [5.74, 6) is 5.38. The molecule has 3 heterocycles. The number of nitrogens with two attached hydrogens (primary N) is 1. The van der Waals surface area contributed by atoms with E-state index < -0.39 is 23.4 Å². The Morgan fingerprint density at radius 3 is 2.60 bits per heavy atom. The van der Waals surface area contributed by atoms with Gasteiger partial charge in [0.15, 0.2) is 0 Å². The maximum absolute atomic E-state index is 13.1. The number of H-pyrrole nitrogens is 1. The summed E-state index contributed by atoms with van der Waals surface area (Å²) in [5.41, 5.74) is 0.777. The van der Waals surface area contributed by atoms with Crippen LogP contribution in [0, 0.1) is 0 Å². The van der Waals surface area contributed by atoms with Crippen LogP contribution in [-0.4, -0.2) is 87.9 Å². The Kier molecular flexibility index (Phi) is 9.31. The molecule has 1 fully saturated rings. The van der Waals surface area contributed by atoms with Gasteiger partial charge in [-0.05, 0) is 43.8 Å². The van der Waals surface area contributed by atoms with E-state index in [9.17, 15) is 14.4 Å². The van der Waals surface area contributed by atoms with Gasteiger partial charge in [0.2, 0.25) is 5.95 Å². The third-order valence-corrected chi connectivity index (χ3v) is 7.87. The summed E-state index contributed by atoms with van der Waals surface area (Å²) < 4.78 is 0. The lowest BCUT2D eigenvalue weighted by Gasteiger charge is -2.32. The fourth-order valence-electron chi connectivity index (χ4n) is 4.80. The van der Waals surface area contributed by atoms with Crippen LogP contribution >= 0.6 is 11.6 Å². The molecule has 224 valence electrons. The third kappa shape index (κ3) is 7.17. The molecule has 5 rings (SSSR count). The maximum Gasteiger partial charge on any atom is 0.268 e. The largest absolute Gasteiger partial charge is 0.353 e. The minimum absolute atomic E-state index is 0.155. The van der Waals surface area contributed by atoms with Crippen molar-refractivity contribution in [2.24, 2.45) is 5.84 Å². The number of likely N-dealkylation sites (N-methyl/N-ethyl adjacent to an activating group) is 1.